The lowest BCUT2D eigenvalue weighted by atomic mass is 10.1. The average molecular weight is 341 g/mol. The second kappa shape index (κ2) is 6.77. The van der Waals surface area contributed by atoms with E-state index in [4.69, 9.17) is 10.1 Å². The molecule has 24 heavy (non-hydrogen) atoms. The molecule has 1 N–H and O–H groups in total. The highest BCUT2D eigenvalue weighted by Crippen LogP contribution is 2.49. The molecule has 3 rings (SSSR count). The maximum atomic E-state index is 8.28. The van der Waals surface area contributed by atoms with Crippen LogP contribution in [0.1, 0.15) is 6.92 Å². The molecule has 0 bridgehead atoms. The molecule has 4 nitrogen and oxygen atoms in total. The summed E-state index contributed by atoms with van der Waals surface area (Å²) in [5, 5.41) is 8.28. The first-order valence-electron chi connectivity index (χ1n) is 7.99. The minimum atomic E-state index is 0.121. The summed E-state index contributed by atoms with van der Waals surface area (Å²) in [6.45, 7) is 2.86. The Balaban J connectivity index is 2.02. The van der Waals surface area contributed by atoms with Crippen molar-refractivity contribution in [3.8, 4) is 5.75 Å². The number of hydrogen-bond donors (Lipinski definition) is 1. The maximum absolute atomic E-state index is 8.28. The third-order valence-electron chi connectivity index (χ3n) is 4.24. The van der Waals surface area contributed by atoms with Gasteiger partial charge in [0, 0.05) is 42.4 Å². The van der Waals surface area contributed by atoms with Crippen LogP contribution in [0.3, 0.4) is 0 Å². The molecule has 0 spiro atoms. The number of nitrogens with zero attached hydrogens (tertiary/aromatic N) is 2. The molecule has 1 aliphatic heterocycles. The molecule has 0 radical (unpaired) electrons. The highest BCUT2D eigenvalue weighted by molar-refractivity contribution is 7.99. The largest absolute Gasteiger partial charge is 0.497 e. The molecule has 0 aliphatic carbocycles. The molecule has 0 fully saturated rings. The van der Waals surface area contributed by atoms with E-state index in [1.807, 2.05) is 25.1 Å². The van der Waals surface area contributed by atoms with Crippen molar-refractivity contribution in [2.75, 3.05) is 32.6 Å². The molecule has 126 valence electrons. The third-order valence-corrected chi connectivity index (χ3v) is 5.37. The standard InChI is InChI=1S/C19H23N3OS/c1-13(19(20)21(2)3)12-22-15-7-5-6-8-17(15)24-18-10-9-14(23-4)11-16(18)22/h5-11,13,20H,12H2,1-4H3/t13-/m0/s1. The van der Waals surface area contributed by atoms with Crippen LogP contribution in [-0.2, 0) is 0 Å². The molecular formula is C19H23N3OS. The molecule has 5 heteroatoms. The number of rotatable bonds is 4. The molecule has 0 saturated carbocycles. The number of methoxy groups -OCH3 is 1. The number of para-hydroxylation sites is 1. The van der Waals surface area contributed by atoms with Gasteiger partial charge in [-0.25, -0.2) is 0 Å². The fourth-order valence-corrected chi connectivity index (χ4v) is 4.01. The quantitative estimate of drug-likeness (QED) is 0.658. The van der Waals surface area contributed by atoms with Gasteiger partial charge in [0.05, 0.1) is 24.3 Å². The van der Waals surface area contributed by atoms with Crippen LogP contribution in [-0.4, -0.2) is 38.5 Å². The monoisotopic (exact) mass is 341 g/mol. The first-order chi connectivity index (χ1) is 11.5. The normalized spacial score (nSPS) is 13.8. The van der Waals surface area contributed by atoms with Crippen molar-refractivity contribution >= 4 is 29.0 Å². The molecular weight excluding hydrogens is 318 g/mol. The topological polar surface area (TPSA) is 39.6 Å². The fourth-order valence-electron chi connectivity index (χ4n) is 2.93. The zero-order valence-corrected chi connectivity index (χ0v) is 15.4. The van der Waals surface area contributed by atoms with E-state index in [0.717, 1.165) is 18.0 Å². The van der Waals surface area contributed by atoms with Gasteiger partial charge < -0.3 is 14.5 Å². The van der Waals surface area contributed by atoms with Crippen molar-refractivity contribution in [2.45, 2.75) is 16.7 Å². The van der Waals surface area contributed by atoms with E-state index in [2.05, 4.69) is 48.2 Å². The molecule has 0 aromatic heterocycles. The predicted octanol–water partition coefficient (Wildman–Crippen LogP) is 4.47. The number of hydrogen-bond acceptors (Lipinski definition) is 4. The fraction of sp³-hybridized carbons (Fsp3) is 0.316. The van der Waals surface area contributed by atoms with E-state index in [1.165, 1.54) is 15.5 Å². The number of amidine groups is 1. The minimum Gasteiger partial charge on any atom is -0.497 e. The van der Waals surface area contributed by atoms with E-state index in [1.54, 1.807) is 18.9 Å². The second-order valence-electron chi connectivity index (χ2n) is 6.19. The van der Waals surface area contributed by atoms with Crippen molar-refractivity contribution in [2.24, 2.45) is 5.92 Å². The lowest BCUT2D eigenvalue weighted by molar-refractivity contribution is 0.414. The number of fused-ring (bicyclic) bond motifs is 2. The Hall–Kier alpha value is -2.14. The summed E-state index contributed by atoms with van der Waals surface area (Å²) < 4.78 is 5.42. The molecule has 0 unspecified atom stereocenters. The minimum absolute atomic E-state index is 0.121. The summed E-state index contributed by atoms with van der Waals surface area (Å²) in [5.41, 5.74) is 2.35. The van der Waals surface area contributed by atoms with Gasteiger partial charge in [0.2, 0.25) is 0 Å². The van der Waals surface area contributed by atoms with E-state index in [9.17, 15) is 0 Å². The summed E-state index contributed by atoms with van der Waals surface area (Å²) >= 11 is 1.79. The molecule has 1 heterocycles. The zero-order chi connectivity index (χ0) is 17.3. The van der Waals surface area contributed by atoms with Crippen LogP contribution in [0.4, 0.5) is 11.4 Å². The van der Waals surface area contributed by atoms with E-state index >= 15 is 0 Å². The highest BCUT2D eigenvalue weighted by atomic mass is 32.2. The van der Waals surface area contributed by atoms with Crippen LogP contribution < -0.4 is 9.64 Å². The van der Waals surface area contributed by atoms with Gasteiger partial charge in [-0.2, -0.15) is 0 Å². The van der Waals surface area contributed by atoms with Crippen LogP contribution in [0.25, 0.3) is 0 Å². The number of ether oxygens (including phenoxy) is 1. The van der Waals surface area contributed by atoms with Crippen LogP contribution in [0.2, 0.25) is 0 Å². The summed E-state index contributed by atoms with van der Waals surface area (Å²) in [6.07, 6.45) is 0. The number of anilines is 2. The van der Waals surface area contributed by atoms with E-state index in [-0.39, 0.29) is 5.92 Å². The zero-order valence-electron chi connectivity index (χ0n) is 14.5. The Kier molecular flexibility index (Phi) is 4.71. The average Bonchev–Trinajstić information content (AvgIpc) is 2.60. The van der Waals surface area contributed by atoms with Gasteiger partial charge in [-0.05, 0) is 24.3 Å². The first-order valence-corrected chi connectivity index (χ1v) is 8.81. The Morgan fingerprint density at radius 3 is 2.58 bits per heavy atom. The van der Waals surface area contributed by atoms with E-state index < -0.39 is 0 Å². The predicted molar refractivity (Wildman–Crippen MR) is 101 cm³/mol. The number of nitrogens with one attached hydrogen (secondary N) is 1. The van der Waals surface area contributed by atoms with Crippen molar-refractivity contribution < 1.29 is 4.74 Å². The van der Waals surface area contributed by atoms with Gasteiger partial charge in [0.25, 0.3) is 0 Å². The van der Waals surface area contributed by atoms with Crippen molar-refractivity contribution in [3.63, 3.8) is 0 Å². The van der Waals surface area contributed by atoms with Gasteiger partial charge in [0.1, 0.15) is 5.75 Å². The van der Waals surface area contributed by atoms with Gasteiger partial charge in [0.15, 0.2) is 0 Å². The summed E-state index contributed by atoms with van der Waals surface area (Å²) in [4.78, 5) is 6.66. The molecule has 0 saturated heterocycles. The van der Waals surface area contributed by atoms with Gasteiger partial charge >= 0.3 is 0 Å². The Morgan fingerprint density at radius 1 is 1.17 bits per heavy atom. The van der Waals surface area contributed by atoms with Crippen molar-refractivity contribution in [1.29, 1.82) is 5.41 Å². The molecule has 0 amide bonds. The van der Waals surface area contributed by atoms with E-state index in [0.29, 0.717) is 5.84 Å². The third kappa shape index (κ3) is 3.08. The van der Waals surface area contributed by atoms with Gasteiger partial charge in [-0.3, -0.25) is 5.41 Å². The van der Waals surface area contributed by atoms with Crippen LogP contribution in [0.5, 0.6) is 5.75 Å². The Bertz CT molecular complexity index is 760. The second-order valence-corrected chi connectivity index (χ2v) is 7.28. The summed E-state index contributed by atoms with van der Waals surface area (Å²) in [5.74, 6) is 1.61. The Labute approximate surface area is 147 Å². The Morgan fingerprint density at radius 2 is 1.88 bits per heavy atom. The molecule has 2 aromatic rings. The first kappa shape index (κ1) is 16.7. The van der Waals surface area contributed by atoms with Crippen molar-refractivity contribution in [1.82, 2.24) is 4.90 Å². The summed E-state index contributed by atoms with van der Waals surface area (Å²) in [6, 6.07) is 14.7. The van der Waals surface area contributed by atoms with Crippen LogP contribution in [0, 0.1) is 11.3 Å². The molecule has 1 aliphatic rings. The highest BCUT2D eigenvalue weighted by Gasteiger charge is 2.26. The lowest BCUT2D eigenvalue weighted by Gasteiger charge is -2.35. The maximum Gasteiger partial charge on any atom is 0.121 e. The lowest BCUT2D eigenvalue weighted by Crippen LogP contribution is -2.35. The van der Waals surface area contributed by atoms with Crippen molar-refractivity contribution in [3.05, 3.63) is 42.5 Å². The molecule has 1 atom stereocenters. The summed E-state index contributed by atoms with van der Waals surface area (Å²) in [7, 11) is 5.55. The van der Waals surface area contributed by atoms with Crippen LogP contribution in [0.15, 0.2) is 52.3 Å². The van der Waals surface area contributed by atoms with Crippen LogP contribution >= 0.6 is 11.8 Å². The SMILES string of the molecule is COc1ccc2c(c1)N(C[C@H](C)C(=N)N(C)C)c1ccccc1S2. The molecule has 2 aromatic carbocycles. The number of benzene rings is 2. The van der Waals surface area contributed by atoms with Gasteiger partial charge in [-0.15, -0.1) is 0 Å². The smallest absolute Gasteiger partial charge is 0.121 e. The van der Waals surface area contributed by atoms with Gasteiger partial charge in [-0.1, -0.05) is 30.8 Å².